The molecule has 0 heterocycles. The molecule has 0 bridgehead atoms. The highest BCUT2D eigenvalue weighted by Gasteiger charge is 2.30. The van der Waals surface area contributed by atoms with Gasteiger partial charge in [0.25, 0.3) is 0 Å². The minimum atomic E-state index is -4.32. The monoisotopic (exact) mass is 312 g/mol. The van der Waals surface area contributed by atoms with Crippen LogP contribution in [0, 0.1) is 0 Å². The van der Waals surface area contributed by atoms with E-state index < -0.39 is 11.7 Å². The lowest BCUT2D eigenvalue weighted by atomic mass is 10.2. The molecular formula is C16H15F3OS. The number of benzene rings is 2. The van der Waals surface area contributed by atoms with Crippen molar-refractivity contribution in [3.63, 3.8) is 0 Å². The molecule has 0 N–H and O–H groups in total. The van der Waals surface area contributed by atoms with Gasteiger partial charge in [-0.3, -0.25) is 0 Å². The first-order valence-corrected chi connectivity index (χ1v) is 7.55. The zero-order chi connectivity index (χ0) is 15.3. The Balaban J connectivity index is 2.07. The van der Waals surface area contributed by atoms with Gasteiger partial charge in [0.05, 0.1) is 5.56 Å². The summed E-state index contributed by atoms with van der Waals surface area (Å²) in [7, 11) is 0. The molecule has 0 saturated carbocycles. The molecular weight excluding hydrogens is 297 g/mol. The molecule has 0 spiro atoms. The topological polar surface area (TPSA) is 9.23 Å². The minimum Gasteiger partial charge on any atom is -0.457 e. The molecule has 0 unspecified atom stereocenters. The second-order valence-corrected chi connectivity index (χ2v) is 5.62. The summed E-state index contributed by atoms with van der Waals surface area (Å²) in [4.78, 5) is 1.08. The second kappa shape index (κ2) is 6.89. The van der Waals surface area contributed by atoms with Gasteiger partial charge in [0.1, 0.15) is 11.5 Å². The van der Waals surface area contributed by atoms with E-state index in [2.05, 4.69) is 6.92 Å². The molecule has 0 radical (unpaired) electrons. The first-order valence-electron chi connectivity index (χ1n) is 6.57. The lowest BCUT2D eigenvalue weighted by molar-refractivity contribution is -0.137. The maximum atomic E-state index is 12.5. The van der Waals surface area contributed by atoms with Gasteiger partial charge in [-0.2, -0.15) is 13.2 Å². The van der Waals surface area contributed by atoms with E-state index in [9.17, 15) is 13.2 Å². The van der Waals surface area contributed by atoms with Gasteiger partial charge in [-0.15, -0.1) is 11.8 Å². The summed E-state index contributed by atoms with van der Waals surface area (Å²) < 4.78 is 43.0. The Labute approximate surface area is 126 Å². The van der Waals surface area contributed by atoms with Gasteiger partial charge in [-0.05, 0) is 54.6 Å². The molecule has 0 atom stereocenters. The van der Waals surface area contributed by atoms with Gasteiger partial charge in [0.15, 0.2) is 0 Å². The van der Waals surface area contributed by atoms with Crippen molar-refractivity contribution in [2.45, 2.75) is 24.4 Å². The standard InChI is InChI=1S/C16H15F3OS/c1-2-10-21-15-5-3-4-14(11-15)20-13-8-6-12(7-9-13)16(17,18)19/h3-9,11H,2,10H2,1H3. The number of ether oxygens (including phenoxy) is 1. The fraction of sp³-hybridized carbons (Fsp3) is 0.250. The summed E-state index contributed by atoms with van der Waals surface area (Å²) >= 11 is 1.72. The fourth-order valence-electron chi connectivity index (χ4n) is 1.70. The second-order valence-electron chi connectivity index (χ2n) is 4.45. The molecule has 0 aliphatic carbocycles. The van der Waals surface area contributed by atoms with Gasteiger partial charge in [0.2, 0.25) is 0 Å². The zero-order valence-electron chi connectivity index (χ0n) is 11.5. The van der Waals surface area contributed by atoms with Crippen LogP contribution in [0.25, 0.3) is 0 Å². The third-order valence-corrected chi connectivity index (χ3v) is 3.90. The lowest BCUT2D eigenvalue weighted by Gasteiger charge is -2.09. The number of hydrogen-bond acceptors (Lipinski definition) is 2. The Bertz CT molecular complexity index is 579. The molecule has 0 aliphatic heterocycles. The van der Waals surface area contributed by atoms with Crippen LogP contribution in [0.3, 0.4) is 0 Å². The predicted molar refractivity (Wildman–Crippen MR) is 79.0 cm³/mol. The third-order valence-electron chi connectivity index (χ3n) is 2.70. The highest BCUT2D eigenvalue weighted by molar-refractivity contribution is 7.99. The van der Waals surface area contributed by atoms with Gasteiger partial charge in [0, 0.05) is 4.90 Å². The van der Waals surface area contributed by atoms with Gasteiger partial charge < -0.3 is 4.74 Å². The van der Waals surface area contributed by atoms with Crippen LogP contribution in [0.1, 0.15) is 18.9 Å². The maximum Gasteiger partial charge on any atom is 0.416 e. The quantitative estimate of drug-likeness (QED) is 0.626. The number of thioether (sulfide) groups is 1. The predicted octanol–water partition coefficient (Wildman–Crippen LogP) is 6.00. The highest BCUT2D eigenvalue weighted by Crippen LogP contribution is 2.32. The molecule has 0 amide bonds. The molecule has 1 nitrogen and oxygen atoms in total. The molecule has 2 rings (SSSR count). The van der Waals surface area contributed by atoms with Crippen LogP contribution in [0.4, 0.5) is 13.2 Å². The molecule has 21 heavy (non-hydrogen) atoms. The molecule has 0 aliphatic rings. The largest absolute Gasteiger partial charge is 0.457 e. The normalized spacial score (nSPS) is 11.4. The summed E-state index contributed by atoms with van der Waals surface area (Å²) in [6.07, 6.45) is -3.25. The van der Waals surface area contributed by atoms with Crippen LogP contribution in [-0.4, -0.2) is 5.75 Å². The van der Waals surface area contributed by atoms with E-state index in [1.807, 2.05) is 18.2 Å². The van der Waals surface area contributed by atoms with E-state index in [0.717, 1.165) is 29.2 Å². The number of alkyl halides is 3. The summed E-state index contributed by atoms with van der Waals surface area (Å²) in [6, 6.07) is 12.2. The van der Waals surface area contributed by atoms with Crippen molar-refractivity contribution in [3.8, 4) is 11.5 Å². The number of halogens is 3. The Morgan fingerprint density at radius 1 is 1.00 bits per heavy atom. The van der Waals surface area contributed by atoms with E-state index in [0.29, 0.717) is 11.5 Å². The van der Waals surface area contributed by atoms with Crippen molar-refractivity contribution >= 4 is 11.8 Å². The van der Waals surface area contributed by atoms with Gasteiger partial charge in [-0.1, -0.05) is 13.0 Å². The van der Waals surface area contributed by atoms with Crippen LogP contribution in [0.15, 0.2) is 53.4 Å². The van der Waals surface area contributed by atoms with E-state index in [1.165, 1.54) is 12.1 Å². The van der Waals surface area contributed by atoms with E-state index in [1.54, 1.807) is 17.8 Å². The van der Waals surface area contributed by atoms with Crippen molar-refractivity contribution < 1.29 is 17.9 Å². The fourth-order valence-corrected chi connectivity index (χ4v) is 2.51. The number of rotatable bonds is 5. The molecule has 5 heteroatoms. The van der Waals surface area contributed by atoms with Crippen molar-refractivity contribution in [1.29, 1.82) is 0 Å². The summed E-state index contributed by atoms with van der Waals surface area (Å²) in [5, 5.41) is 0. The highest BCUT2D eigenvalue weighted by atomic mass is 32.2. The van der Waals surface area contributed by atoms with Gasteiger partial charge >= 0.3 is 6.18 Å². The average molecular weight is 312 g/mol. The van der Waals surface area contributed by atoms with Crippen molar-refractivity contribution in [1.82, 2.24) is 0 Å². The van der Waals surface area contributed by atoms with E-state index in [-0.39, 0.29) is 0 Å². The van der Waals surface area contributed by atoms with E-state index in [4.69, 9.17) is 4.74 Å². The number of hydrogen-bond donors (Lipinski definition) is 0. The van der Waals surface area contributed by atoms with Crippen LogP contribution in [0.5, 0.6) is 11.5 Å². The summed E-state index contributed by atoms with van der Waals surface area (Å²) in [5.41, 5.74) is -0.679. The molecule has 0 aromatic heterocycles. The summed E-state index contributed by atoms with van der Waals surface area (Å²) in [6.45, 7) is 2.11. The summed E-state index contributed by atoms with van der Waals surface area (Å²) in [5.74, 6) is 2.03. The smallest absolute Gasteiger partial charge is 0.416 e. The zero-order valence-corrected chi connectivity index (χ0v) is 12.3. The third kappa shape index (κ3) is 4.70. The molecule has 2 aromatic carbocycles. The Morgan fingerprint density at radius 3 is 2.33 bits per heavy atom. The van der Waals surface area contributed by atoms with Crippen LogP contribution < -0.4 is 4.74 Å². The van der Waals surface area contributed by atoms with Crippen LogP contribution >= 0.6 is 11.8 Å². The van der Waals surface area contributed by atoms with Crippen LogP contribution in [0.2, 0.25) is 0 Å². The average Bonchev–Trinajstić information content (AvgIpc) is 2.45. The maximum absolute atomic E-state index is 12.5. The van der Waals surface area contributed by atoms with Crippen molar-refractivity contribution in [3.05, 3.63) is 54.1 Å². The molecule has 112 valence electrons. The van der Waals surface area contributed by atoms with Crippen molar-refractivity contribution in [2.75, 3.05) is 5.75 Å². The molecule has 0 saturated heterocycles. The first kappa shape index (κ1) is 15.8. The SMILES string of the molecule is CCCSc1cccc(Oc2ccc(C(F)(F)F)cc2)c1. The molecule has 2 aromatic rings. The minimum absolute atomic E-state index is 0.389. The lowest BCUT2D eigenvalue weighted by Crippen LogP contribution is -2.03. The van der Waals surface area contributed by atoms with Gasteiger partial charge in [-0.25, -0.2) is 0 Å². The van der Waals surface area contributed by atoms with E-state index >= 15 is 0 Å². The first-order chi connectivity index (χ1) is 9.99. The Morgan fingerprint density at radius 2 is 1.71 bits per heavy atom. The Hall–Kier alpha value is -1.62. The Kier molecular flexibility index (Phi) is 5.17. The van der Waals surface area contributed by atoms with Crippen LogP contribution in [-0.2, 0) is 6.18 Å². The van der Waals surface area contributed by atoms with Crippen molar-refractivity contribution in [2.24, 2.45) is 0 Å². The molecule has 0 fully saturated rings.